The molecule has 3 aliphatic heterocycles. The van der Waals surface area contributed by atoms with Gasteiger partial charge in [0.1, 0.15) is 0 Å². The van der Waals surface area contributed by atoms with E-state index >= 15 is 0 Å². The number of pyridine rings is 1. The highest BCUT2D eigenvalue weighted by atomic mass is 16.5. The molecule has 22 heavy (non-hydrogen) atoms. The Balaban J connectivity index is 1.30. The van der Waals surface area contributed by atoms with Crippen molar-refractivity contribution < 1.29 is 4.74 Å². The zero-order chi connectivity index (χ0) is 14.8. The summed E-state index contributed by atoms with van der Waals surface area (Å²) < 4.78 is 5.57. The van der Waals surface area contributed by atoms with Crippen LogP contribution in [0.3, 0.4) is 0 Å². The molecule has 4 nitrogen and oxygen atoms in total. The molecule has 0 radical (unpaired) electrons. The van der Waals surface area contributed by atoms with Gasteiger partial charge in [-0.15, -0.1) is 0 Å². The molecule has 1 aromatic rings. The number of hydrogen-bond donors (Lipinski definition) is 0. The summed E-state index contributed by atoms with van der Waals surface area (Å²) in [4.78, 5) is 9.75. The Morgan fingerprint density at radius 3 is 2.77 bits per heavy atom. The summed E-state index contributed by atoms with van der Waals surface area (Å²) in [7, 11) is 0. The van der Waals surface area contributed by atoms with Crippen LogP contribution in [0.1, 0.15) is 31.4 Å². The highest BCUT2D eigenvalue weighted by molar-refractivity contribution is 5.04. The first-order valence-electron chi connectivity index (χ1n) is 8.77. The lowest BCUT2D eigenvalue weighted by molar-refractivity contribution is 0.0918. The molecule has 1 unspecified atom stereocenters. The second-order valence-corrected chi connectivity index (χ2v) is 7.34. The quantitative estimate of drug-likeness (QED) is 0.855. The van der Waals surface area contributed by atoms with Crippen LogP contribution in [0.4, 0.5) is 0 Å². The van der Waals surface area contributed by atoms with Gasteiger partial charge in [-0.05, 0) is 62.9 Å². The van der Waals surface area contributed by atoms with Crippen molar-refractivity contribution in [3.05, 3.63) is 30.1 Å². The molecular weight excluding hydrogens is 274 g/mol. The predicted octanol–water partition coefficient (Wildman–Crippen LogP) is 2.16. The summed E-state index contributed by atoms with van der Waals surface area (Å²) in [5.41, 5.74) is 1.79. The van der Waals surface area contributed by atoms with Gasteiger partial charge in [-0.25, -0.2) is 0 Å². The van der Waals surface area contributed by atoms with Gasteiger partial charge in [0.2, 0.25) is 0 Å². The lowest BCUT2D eigenvalue weighted by Gasteiger charge is -2.39. The Bertz CT molecular complexity index is 478. The van der Waals surface area contributed by atoms with Gasteiger partial charge in [0.05, 0.1) is 12.3 Å². The number of piperidine rings is 1. The lowest BCUT2D eigenvalue weighted by atomic mass is 9.77. The summed E-state index contributed by atoms with van der Waals surface area (Å²) >= 11 is 0. The summed E-state index contributed by atoms with van der Waals surface area (Å²) in [5, 5.41) is 0. The topological polar surface area (TPSA) is 28.6 Å². The van der Waals surface area contributed by atoms with Crippen molar-refractivity contribution in [3.8, 4) is 0 Å². The van der Waals surface area contributed by atoms with E-state index in [-0.39, 0.29) is 0 Å². The predicted molar refractivity (Wildman–Crippen MR) is 86.6 cm³/mol. The lowest BCUT2D eigenvalue weighted by Crippen LogP contribution is -2.42. The van der Waals surface area contributed by atoms with E-state index in [1.807, 2.05) is 12.3 Å². The minimum absolute atomic E-state index is 0.587. The number of rotatable bonds is 3. The van der Waals surface area contributed by atoms with Crippen LogP contribution in [0.5, 0.6) is 0 Å². The highest BCUT2D eigenvalue weighted by Gasteiger charge is 2.42. The van der Waals surface area contributed by atoms with Crippen LogP contribution < -0.4 is 0 Å². The second-order valence-electron chi connectivity index (χ2n) is 7.34. The van der Waals surface area contributed by atoms with Crippen LogP contribution in [0.2, 0.25) is 0 Å². The van der Waals surface area contributed by atoms with Gasteiger partial charge in [0, 0.05) is 31.9 Å². The molecule has 1 spiro atoms. The van der Waals surface area contributed by atoms with Gasteiger partial charge < -0.3 is 4.74 Å². The van der Waals surface area contributed by atoms with Crippen molar-refractivity contribution in [2.24, 2.45) is 5.41 Å². The molecular formula is C18H27N3O. The van der Waals surface area contributed by atoms with E-state index < -0.39 is 0 Å². The van der Waals surface area contributed by atoms with Crippen LogP contribution in [0, 0.1) is 5.41 Å². The van der Waals surface area contributed by atoms with E-state index in [4.69, 9.17) is 4.74 Å². The third kappa shape index (κ3) is 3.05. The smallest absolute Gasteiger partial charge is 0.0622 e. The number of aromatic nitrogens is 1. The number of ether oxygens (including phenoxy) is 1. The molecule has 3 saturated heterocycles. The van der Waals surface area contributed by atoms with Gasteiger partial charge in [0.25, 0.3) is 0 Å². The molecule has 0 N–H and O–H groups in total. The van der Waals surface area contributed by atoms with Crippen molar-refractivity contribution in [2.45, 2.75) is 38.3 Å². The van der Waals surface area contributed by atoms with Crippen LogP contribution in [-0.4, -0.2) is 60.2 Å². The fourth-order valence-corrected chi connectivity index (χ4v) is 4.41. The Morgan fingerprint density at radius 1 is 1.18 bits per heavy atom. The first-order valence-corrected chi connectivity index (χ1v) is 8.77. The van der Waals surface area contributed by atoms with E-state index in [2.05, 4.69) is 26.9 Å². The average Bonchev–Trinajstić information content (AvgIpc) is 3.21. The fraction of sp³-hybridized carbons (Fsp3) is 0.722. The molecule has 4 heteroatoms. The Hall–Kier alpha value is -0.970. The molecule has 3 aliphatic rings. The summed E-state index contributed by atoms with van der Waals surface area (Å²) in [6, 6.07) is 6.92. The monoisotopic (exact) mass is 301 g/mol. The van der Waals surface area contributed by atoms with Gasteiger partial charge in [-0.1, -0.05) is 6.07 Å². The molecule has 1 aromatic heterocycles. The van der Waals surface area contributed by atoms with E-state index in [9.17, 15) is 0 Å². The molecule has 0 aliphatic carbocycles. The maximum atomic E-state index is 5.57. The molecule has 0 aromatic carbocycles. The Morgan fingerprint density at radius 2 is 2.05 bits per heavy atom. The molecule has 4 heterocycles. The number of likely N-dealkylation sites (tertiary alicyclic amines) is 2. The minimum atomic E-state index is 0.587. The number of nitrogens with zero attached hydrogens (tertiary/aromatic N) is 3. The van der Waals surface area contributed by atoms with E-state index in [1.165, 1.54) is 57.6 Å². The zero-order valence-electron chi connectivity index (χ0n) is 13.4. The normalized spacial score (nSPS) is 29.4. The summed E-state index contributed by atoms with van der Waals surface area (Å²) in [6.45, 7) is 7.98. The van der Waals surface area contributed by atoms with Gasteiger partial charge >= 0.3 is 0 Å². The molecule has 3 fully saturated rings. The molecule has 120 valence electrons. The van der Waals surface area contributed by atoms with E-state index in [0.717, 1.165) is 19.8 Å². The summed E-state index contributed by atoms with van der Waals surface area (Å²) in [6.07, 6.45) is 7.23. The first kappa shape index (κ1) is 14.6. The SMILES string of the molecule is c1ccc(CN2CCC3(CC2)CCN(C2CCOC2)C3)nc1. The maximum Gasteiger partial charge on any atom is 0.0622 e. The Kier molecular flexibility index (Phi) is 4.16. The highest BCUT2D eigenvalue weighted by Crippen LogP contribution is 2.41. The molecule has 1 atom stereocenters. The van der Waals surface area contributed by atoms with Gasteiger partial charge in [-0.3, -0.25) is 14.8 Å². The van der Waals surface area contributed by atoms with E-state index in [0.29, 0.717) is 11.5 Å². The van der Waals surface area contributed by atoms with Crippen molar-refractivity contribution >= 4 is 0 Å². The van der Waals surface area contributed by atoms with Crippen LogP contribution >= 0.6 is 0 Å². The Labute approximate surface area is 133 Å². The van der Waals surface area contributed by atoms with Crippen molar-refractivity contribution in [3.63, 3.8) is 0 Å². The van der Waals surface area contributed by atoms with Gasteiger partial charge in [-0.2, -0.15) is 0 Å². The van der Waals surface area contributed by atoms with Crippen molar-refractivity contribution in [1.82, 2.24) is 14.8 Å². The van der Waals surface area contributed by atoms with Gasteiger partial charge in [0.15, 0.2) is 0 Å². The first-order chi connectivity index (χ1) is 10.8. The largest absolute Gasteiger partial charge is 0.380 e. The molecule has 0 bridgehead atoms. The average molecular weight is 301 g/mol. The fourth-order valence-electron chi connectivity index (χ4n) is 4.41. The van der Waals surface area contributed by atoms with E-state index in [1.54, 1.807) is 0 Å². The molecule has 4 rings (SSSR count). The van der Waals surface area contributed by atoms with Crippen molar-refractivity contribution in [2.75, 3.05) is 39.4 Å². The van der Waals surface area contributed by atoms with Crippen LogP contribution in [-0.2, 0) is 11.3 Å². The van der Waals surface area contributed by atoms with Crippen LogP contribution in [0.25, 0.3) is 0 Å². The third-order valence-electron chi connectivity index (χ3n) is 5.92. The number of hydrogen-bond acceptors (Lipinski definition) is 4. The standard InChI is InChI=1S/C18H27N3O/c1-2-8-19-16(3-1)13-20-9-5-18(6-10-20)7-11-21(15-18)17-4-12-22-14-17/h1-3,8,17H,4-7,9-15H2. The molecule has 0 amide bonds. The second kappa shape index (κ2) is 6.26. The molecule has 0 saturated carbocycles. The summed E-state index contributed by atoms with van der Waals surface area (Å²) in [5.74, 6) is 0. The van der Waals surface area contributed by atoms with Crippen LogP contribution in [0.15, 0.2) is 24.4 Å². The third-order valence-corrected chi connectivity index (χ3v) is 5.92. The zero-order valence-corrected chi connectivity index (χ0v) is 13.4. The van der Waals surface area contributed by atoms with Crippen molar-refractivity contribution in [1.29, 1.82) is 0 Å². The maximum absolute atomic E-state index is 5.57. The minimum Gasteiger partial charge on any atom is -0.380 e.